The predicted octanol–water partition coefficient (Wildman–Crippen LogP) is 6.44. The first-order valence-electron chi connectivity index (χ1n) is 11.1. The number of carbonyl (C=O) groups excluding carboxylic acids is 2. The fraction of sp³-hybridized carbons (Fsp3) is 0.0370. The van der Waals surface area contributed by atoms with Crippen LogP contribution in [0.3, 0.4) is 0 Å². The van der Waals surface area contributed by atoms with E-state index in [1.54, 1.807) is 48.5 Å². The van der Waals surface area contributed by atoms with Crippen molar-refractivity contribution in [2.75, 3.05) is 17.7 Å². The second-order valence-electron chi connectivity index (χ2n) is 7.99. The Bertz CT molecular complexity index is 1600. The van der Waals surface area contributed by atoms with E-state index in [9.17, 15) is 9.59 Å². The average molecular weight is 532 g/mol. The minimum Gasteiger partial charge on any atom is -0.481 e. The van der Waals surface area contributed by atoms with Crippen molar-refractivity contribution in [3.05, 3.63) is 100 Å². The number of pyridine rings is 1. The Hall–Kier alpha value is -4.40. The van der Waals surface area contributed by atoms with Gasteiger partial charge >= 0.3 is 0 Å². The lowest BCUT2D eigenvalue weighted by Crippen LogP contribution is -2.13. The zero-order valence-electron chi connectivity index (χ0n) is 19.4. The van der Waals surface area contributed by atoms with Crippen LogP contribution in [0.1, 0.15) is 20.7 Å². The molecular formula is C27H19Cl2N5O3. The fourth-order valence-electron chi connectivity index (χ4n) is 3.68. The summed E-state index contributed by atoms with van der Waals surface area (Å²) in [5.74, 6) is 0.394. The predicted molar refractivity (Wildman–Crippen MR) is 145 cm³/mol. The van der Waals surface area contributed by atoms with Crippen molar-refractivity contribution in [1.29, 1.82) is 0 Å². The van der Waals surface area contributed by atoms with E-state index in [4.69, 9.17) is 27.9 Å². The first-order valence-corrected chi connectivity index (χ1v) is 11.8. The molecule has 2 amide bonds. The molecule has 5 rings (SSSR count). The first-order chi connectivity index (χ1) is 17.9. The van der Waals surface area contributed by atoms with Crippen molar-refractivity contribution in [2.24, 2.45) is 0 Å². The van der Waals surface area contributed by atoms with Crippen LogP contribution < -0.4 is 15.4 Å². The lowest BCUT2D eigenvalue weighted by molar-refractivity contribution is 0.101. The molecule has 0 fully saturated rings. The van der Waals surface area contributed by atoms with Crippen LogP contribution in [0, 0.1) is 0 Å². The molecule has 10 heteroatoms. The van der Waals surface area contributed by atoms with Crippen LogP contribution in [0.15, 0.2) is 79.0 Å². The Morgan fingerprint density at radius 2 is 1.57 bits per heavy atom. The highest BCUT2D eigenvalue weighted by Crippen LogP contribution is 2.27. The minimum atomic E-state index is -0.396. The molecule has 0 saturated carbocycles. The highest BCUT2D eigenvalue weighted by Gasteiger charge is 2.15. The van der Waals surface area contributed by atoms with E-state index in [-0.39, 0.29) is 21.5 Å². The molecule has 0 spiro atoms. The van der Waals surface area contributed by atoms with Crippen molar-refractivity contribution in [3.63, 3.8) is 0 Å². The van der Waals surface area contributed by atoms with Gasteiger partial charge in [0.2, 0.25) is 5.88 Å². The molecule has 0 unspecified atom stereocenters. The Morgan fingerprint density at radius 1 is 0.865 bits per heavy atom. The zero-order valence-corrected chi connectivity index (χ0v) is 20.9. The van der Waals surface area contributed by atoms with Crippen molar-refractivity contribution in [1.82, 2.24) is 15.0 Å². The molecular weight excluding hydrogens is 513 g/mol. The Kier molecular flexibility index (Phi) is 6.76. The maximum Gasteiger partial charge on any atom is 0.258 e. The number of halogens is 2. The largest absolute Gasteiger partial charge is 0.481 e. The molecule has 0 aliphatic carbocycles. The molecule has 0 atom stereocenters. The van der Waals surface area contributed by atoms with Crippen molar-refractivity contribution < 1.29 is 14.3 Å². The Labute approximate surface area is 221 Å². The second-order valence-corrected chi connectivity index (χ2v) is 8.80. The number of benzene rings is 3. The van der Waals surface area contributed by atoms with E-state index >= 15 is 0 Å². The van der Waals surface area contributed by atoms with Crippen LogP contribution in [0.5, 0.6) is 5.88 Å². The Morgan fingerprint density at radius 3 is 2.24 bits per heavy atom. The van der Waals surface area contributed by atoms with Crippen molar-refractivity contribution >= 4 is 57.4 Å². The van der Waals surface area contributed by atoms with Gasteiger partial charge in [0.1, 0.15) is 5.82 Å². The molecule has 0 bridgehead atoms. The minimum absolute atomic E-state index is 0.221. The average Bonchev–Trinajstić information content (AvgIpc) is 3.32. The number of imidazole rings is 1. The SMILES string of the molecule is COc1ccc(C(=O)Nc2ccc3nc(-c4ccc(NC(=O)c5c(Cl)cccc5Cl)cc4)[nH]c3c2)cn1. The third-order valence-electron chi connectivity index (χ3n) is 5.55. The number of aromatic amines is 1. The van der Waals surface area contributed by atoms with Gasteiger partial charge in [-0.25, -0.2) is 9.97 Å². The van der Waals surface area contributed by atoms with Crippen LogP contribution in [0.25, 0.3) is 22.4 Å². The van der Waals surface area contributed by atoms with E-state index in [1.165, 1.54) is 13.3 Å². The maximum atomic E-state index is 12.6. The molecule has 3 aromatic carbocycles. The summed E-state index contributed by atoms with van der Waals surface area (Å²) >= 11 is 12.3. The summed E-state index contributed by atoms with van der Waals surface area (Å²) in [6.45, 7) is 0. The van der Waals surface area contributed by atoms with Crippen LogP contribution in [0.2, 0.25) is 10.0 Å². The summed E-state index contributed by atoms with van der Waals surface area (Å²) in [7, 11) is 1.51. The topological polar surface area (TPSA) is 109 Å². The highest BCUT2D eigenvalue weighted by molar-refractivity contribution is 6.40. The highest BCUT2D eigenvalue weighted by atomic mass is 35.5. The molecule has 0 aliphatic rings. The number of methoxy groups -OCH3 is 1. The maximum absolute atomic E-state index is 12.6. The van der Waals surface area contributed by atoms with E-state index < -0.39 is 5.91 Å². The molecule has 37 heavy (non-hydrogen) atoms. The van der Waals surface area contributed by atoms with Crippen LogP contribution in [-0.4, -0.2) is 33.9 Å². The number of hydrogen-bond donors (Lipinski definition) is 3. The standard InChI is InChI=1S/C27H19Cl2N5O3/c1-37-23-12-7-16(14-30-23)26(35)32-18-10-11-21-22(13-18)34-25(33-21)15-5-8-17(9-6-15)31-27(36)24-19(28)3-2-4-20(24)29/h2-14H,1H3,(H,31,36)(H,32,35)(H,33,34). The number of nitrogens with one attached hydrogen (secondary N) is 3. The van der Waals surface area contributed by atoms with Gasteiger partial charge in [0.25, 0.3) is 11.8 Å². The number of aromatic nitrogens is 3. The van der Waals surface area contributed by atoms with E-state index in [1.807, 2.05) is 24.3 Å². The van der Waals surface area contributed by atoms with Gasteiger partial charge in [0, 0.05) is 29.2 Å². The Balaban J connectivity index is 1.30. The van der Waals surface area contributed by atoms with Gasteiger partial charge in [-0.05, 0) is 60.7 Å². The van der Waals surface area contributed by atoms with Gasteiger partial charge in [0.15, 0.2) is 0 Å². The number of hydrogen-bond acceptors (Lipinski definition) is 5. The van der Waals surface area contributed by atoms with Crippen molar-refractivity contribution in [2.45, 2.75) is 0 Å². The van der Waals surface area contributed by atoms with Gasteiger partial charge < -0.3 is 20.4 Å². The lowest BCUT2D eigenvalue weighted by Gasteiger charge is -2.08. The van der Waals surface area contributed by atoms with Gasteiger partial charge in [-0.15, -0.1) is 0 Å². The van der Waals surface area contributed by atoms with E-state index in [0.717, 1.165) is 16.6 Å². The fourth-order valence-corrected chi connectivity index (χ4v) is 4.25. The number of H-pyrrole nitrogens is 1. The summed E-state index contributed by atoms with van der Waals surface area (Å²) in [6.07, 6.45) is 1.45. The molecule has 2 aromatic heterocycles. The number of ether oxygens (including phenoxy) is 1. The number of fused-ring (bicyclic) bond motifs is 1. The van der Waals surface area contributed by atoms with Gasteiger partial charge in [-0.1, -0.05) is 29.3 Å². The van der Waals surface area contributed by atoms with Gasteiger partial charge in [0.05, 0.1) is 39.3 Å². The molecule has 0 saturated heterocycles. The molecule has 184 valence electrons. The molecule has 2 heterocycles. The summed E-state index contributed by atoms with van der Waals surface area (Å²) in [4.78, 5) is 37.1. The molecule has 0 radical (unpaired) electrons. The van der Waals surface area contributed by atoms with Crippen LogP contribution in [0.4, 0.5) is 11.4 Å². The normalized spacial score (nSPS) is 10.8. The quantitative estimate of drug-likeness (QED) is 0.233. The number of amides is 2. The third-order valence-corrected chi connectivity index (χ3v) is 6.18. The summed E-state index contributed by atoms with van der Waals surface area (Å²) in [6, 6.07) is 20.8. The number of nitrogens with zero attached hydrogens (tertiary/aromatic N) is 2. The summed E-state index contributed by atoms with van der Waals surface area (Å²) in [5, 5.41) is 6.21. The molecule has 5 aromatic rings. The first kappa shape index (κ1) is 24.3. The monoisotopic (exact) mass is 531 g/mol. The molecule has 0 aliphatic heterocycles. The van der Waals surface area contributed by atoms with E-state index in [0.29, 0.717) is 28.6 Å². The van der Waals surface area contributed by atoms with E-state index in [2.05, 4.69) is 25.6 Å². The van der Waals surface area contributed by atoms with Gasteiger partial charge in [-0.2, -0.15) is 0 Å². The number of carbonyl (C=O) groups is 2. The van der Waals surface area contributed by atoms with Crippen LogP contribution in [-0.2, 0) is 0 Å². The third kappa shape index (κ3) is 5.25. The zero-order chi connectivity index (χ0) is 25.9. The lowest BCUT2D eigenvalue weighted by atomic mass is 10.1. The summed E-state index contributed by atoms with van der Waals surface area (Å²) < 4.78 is 5.02. The summed E-state index contributed by atoms with van der Waals surface area (Å²) in [5.41, 5.74) is 4.14. The second kappa shape index (κ2) is 10.3. The number of anilines is 2. The smallest absolute Gasteiger partial charge is 0.258 e. The molecule has 3 N–H and O–H groups in total. The number of rotatable bonds is 6. The van der Waals surface area contributed by atoms with Crippen molar-refractivity contribution in [3.8, 4) is 17.3 Å². The molecule has 8 nitrogen and oxygen atoms in total. The van der Waals surface area contributed by atoms with Gasteiger partial charge in [-0.3, -0.25) is 9.59 Å². The van der Waals surface area contributed by atoms with Crippen LogP contribution >= 0.6 is 23.2 Å².